The Balaban J connectivity index is 1.91. The SMILES string of the molecule is COc1ccc(Br)c(C(=O)Nc2cc(S(=O)(=O)NC3CC3)ccc2OC)c1. The van der Waals surface area contributed by atoms with Gasteiger partial charge in [-0.2, -0.15) is 0 Å². The summed E-state index contributed by atoms with van der Waals surface area (Å²) in [6.45, 7) is 0. The van der Waals surface area contributed by atoms with Gasteiger partial charge in [-0.15, -0.1) is 0 Å². The molecule has 0 aromatic heterocycles. The minimum Gasteiger partial charge on any atom is -0.497 e. The first-order valence-corrected chi connectivity index (χ1v) is 10.5. The van der Waals surface area contributed by atoms with Crippen LogP contribution in [0.1, 0.15) is 23.2 Å². The number of hydrogen-bond donors (Lipinski definition) is 2. The number of hydrogen-bond acceptors (Lipinski definition) is 5. The first-order valence-electron chi connectivity index (χ1n) is 8.19. The Kier molecular flexibility index (Phi) is 5.73. The summed E-state index contributed by atoms with van der Waals surface area (Å²) in [5, 5.41) is 2.71. The molecule has 2 aromatic rings. The maximum atomic E-state index is 12.7. The lowest BCUT2D eigenvalue weighted by Gasteiger charge is -2.14. The van der Waals surface area contributed by atoms with E-state index in [-0.39, 0.29) is 16.6 Å². The van der Waals surface area contributed by atoms with Gasteiger partial charge in [0.25, 0.3) is 5.91 Å². The first kappa shape index (κ1) is 19.7. The molecule has 1 amide bonds. The summed E-state index contributed by atoms with van der Waals surface area (Å²) in [5.74, 6) is 0.455. The van der Waals surface area contributed by atoms with Gasteiger partial charge in [0.05, 0.1) is 30.4 Å². The smallest absolute Gasteiger partial charge is 0.257 e. The molecule has 1 fully saturated rings. The second-order valence-corrected chi connectivity index (χ2v) is 8.63. The van der Waals surface area contributed by atoms with Gasteiger partial charge in [-0.25, -0.2) is 13.1 Å². The summed E-state index contributed by atoms with van der Waals surface area (Å²) < 4.78 is 38.5. The minimum absolute atomic E-state index is 0.0112. The van der Waals surface area contributed by atoms with Crippen molar-refractivity contribution in [2.75, 3.05) is 19.5 Å². The van der Waals surface area contributed by atoms with E-state index in [1.54, 1.807) is 18.2 Å². The van der Waals surface area contributed by atoms with E-state index in [9.17, 15) is 13.2 Å². The van der Waals surface area contributed by atoms with Gasteiger partial charge in [0.1, 0.15) is 11.5 Å². The standard InChI is InChI=1S/C18H19BrN2O5S/c1-25-12-5-7-15(19)14(9-12)18(22)20-16-10-13(6-8-17(16)26-2)27(23,24)21-11-3-4-11/h5-11,21H,3-4H2,1-2H3,(H,20,22). The van der Waals surface area contributed by atoms with Crippen LogP contribution in [0.25, 0.3) is 0 Å². The highest BCUT2D eigenvalue weighted by molar-refractivity contribution is 9.10. The highest BCUT2D eigenvalue weighted by Crippen LogP contribution is 2.30. The second-order valence-electron chi connectivity index (χ2n) is 6.06. The van der Waals surface area contributed by atoms with Gasteiger partial charge in [0.2, 0.25) is 10.0 Å². The van der Waals surface area contributed by atoms with E-state index in [0.717, 1.165) is 12.8 Å². The Labute approximate surface area is 166 Å². The van der Waals surface area contributed by atoms with E-state index >= 15 is 0 Å². The van der Waals surface area contributed by atoms with Crippen LogP contribution in [0.4, 0.5) is 5.69 Å². The fourth-order valence-corrected chi connectivity index (χ4v) is 4.19. The number of anilines is 1. The van der Waals surface area contributed by atoms with E-state index in [2.05, 4.69) is 26.0 Å². The van der Waals surface area contributed by atoms with E-state index in [0.29, 0.717) is 21.5 Å². The minimum atomic E-state index is -3.65. The summed E-state index contributed by atoms with van der Waals surface area (Å²) >= 11 is 3.34. The van der Waals surface area contributed by atoms with Crippen molar-refractivity contribution in [1.82, 2.24) is 4.72 Å². The van der Waals surface area contributed by atoms with Crippen molar-refractivity contribution in [2.24, 2.45) is 0 Å². The monoisotopic (exact) mass is 454 g/mol. The molecule has 3 rings (SSSR count). The Hall–Kier alpha value is -2.10. The molecule has 7 nitrogen and oxygen atoms in total. The molecule has 1 aliphatic carbocycles. The lowest BCUT2D eigenvalue weighted by atomic mass is 10.2. The summed E-state index contributed by atoms with van der Waals surface area (Å²) in [5.41, 5.74) is 0.608. The molecule has 0 saturated heterocycles. The number of methoxy groups -OCH3 is 2. The normalized spacial score (nSPS) is 13.9. The molecule has 0 heterocycles. The maximum absolute atomic E-state index is 12.7. The molecule has 0 atom stereocenters. The van der Waals surface area contributed by atoms with Crippen LogP contribution in [0.15, 0.2) is 45.8 Å². The van der Waals surface area contributed by atoms with Crippen molar-refractivity contribution in [3.05, 3.63) is 46.4 Å². The quantitative estimate of drug-likeness (QED) is 0.669. The van der Waals surface area contributed by atoms with Crippen LogP contribution in [-0.4, -0.2) is 34.6 Å². The molecule has 0 aliphatic heterocycles. The zero-order valence-corrected chi connectivity index (χ0v) is 17.2. The van der Waals surface area contributed by atoms with Gasteiger partial charge in [0, 0.05) is 10.5 Å². The molecule has 0 bridgehead atoms. The van der Waals surface area contributed by atoms with Crippen LogP contribution >= 0.6 is 15.9 Å². The highest BCUT2D eigenvalue weighted by Gasteiger charge is 2.28. The zero-order valence-electron chi connectivity index (χ0n) is 14.8. The number of carbonyl (C=O) groups excluding carboxylic acids is 1. The first-order chi connectivity index (χ1) is 12.8. The van der Waals surface area contributed by atoms with Crippen LogP contribution in [-0.2, 0) is 10.0 Å². The number of halogens is 1. The predicted octanol–water partition coefficient (Wildman–Crippen LogP) is 3.16. The van der Waals surface area contributed by atoms with E-state index < -0.39 is 15.9 Å². The number of rotatable bonds is 7. The number of nitrogens with one attached hydrogen (secondary N) is 2. The topological polar surface area (TPSA) is 93.7 Å². The lowest BCUT2D eigenvalue weighted by Crippen LogP contribution is -2.26. The number of ether oxygens (including phenoxy) is 2. The molecule has 0 unspecified atom stereocenters. The molecular formula is C18H19BrN2O5S. The van der Waals surface area contributed by atoms with E-state index in [1.807, 2.05) is 0 Å². The molecule has 2 N–H and O–H groups in total. The van der Waals surface area contributed by atoms with Crippen LogP contribution < -0.4 is 19.5 Å². The molecule has 27 heavy (non-hydrogen) atoms. The number of carbonyl (C=O) groups is 1. The van der Waals surface area contributed by atoms with Gasteiger partial charge < -0.3 is 14.8 Å². The molecule has 144 valence electrons. The molecule has 0 spiro atoms. The van der Waals surface area contributed by atoms with Gasteiger partial charge in [0.15, 0.2) is 0 Å². The Bertz CT molecular complexity index is 974. The largest absolute Gasteiger partial charge is 0.497 e. The van der Waals surface area contributed by atoms with Crippen molar-refractivity contribution in [3.63, 3.8) is 0 Å². The fraction of sp³-hybridized carbons (Fsp3) is 0.278. The average Bonchev–Trinajstić information content (AvgIpc) is 3.45. The van der Waals surface area contributed by atoms with Gasteiger partial charge in [-0.1, -0.05) is 0 Å². The third kappa shape index (κ3) is 4.60. The molecule has 1 aliphatic rings. The second kappa shape index (κ2) is 7.87. The highest BCUT2D eigenvalue weighted by atomic mass is 79.9. The predicted molar refractivity (Wildman–Crippen MR) is 105 cm³/mol. The third-order valence-corrected chi connectivity index (χ3v) is 6.26. The summed E-state index contributed by atoms with van der Waals surface area (Å²) in [6, 6.07) is 9.33. The maximum Gasteiger partial charge on any atom is 0.257 e. The number of sulfonamides is 1. The zero-order chi connectivity index (χ0) is 19.6. The van der Waals surface area contributed by atoms with Gasteiger partial charge >= 0.3 is 0 Å². The number of benzene rings is 2. The molecular weight excluding hydrogens is 436 g/mol. The summed E-state index contributed by atoms with van der Waals surface area (Å²) in [7, 11) is -0.693. The van der Waals surface area contributed by atoms with Gasteiger partial charge in [-0.3, -0.25) is 4.79 Å². The Morgan fingerprint density at radius 3 is 2.48 bits per heavy atom. The summed E-state index contributed by atoms with van der Waals surface area (Å²) in [4.78, 5) is 12.8. The van der Waals surface area contributed by atoms with Crippen LogP contribution in [0.2, 0.25) is 0 Å². The van der Waals surface area contributed by atoms with Gasteiger partial charge in [-0.05, 0) is 65.2 Å². The van der Waals surface area contributed by atoms with Crippen LogP contribution in [0.5, 0.6) is 11.5 Å². The van der Waals surface area contributed by atoms with E-state index in [4.69, 9.17) is 9.47 Å². The van der Waals surface area contributed by atoms with Crippen molar-refractivity contribution in [1.29, 1.82) is 0 Å². The van der Waals surface area contributed by atoms with Crippen molar-refractivity contribution in [2.45, 2.75) is 23.8 Å². The van der Waals surface area contributed by atoms with Crippen LogP contribution in [0.3, 0.4) is 0 Å². The van der Waals surface area contributed by atoms with E-state index in [1.165, 1.54) is 32.4 Å². The summed E-state index contributed by atoms with van der Waals surface area (Å²) in [6.07, 6.45) is 1.67. The molecule has 2 aromatic carbocycles. The molecule has 1 saturated carbocycles. The van der Waals surface area contributed by atoms with Crippen molar-refractivity contribution < 1.29 is 22.7 Å². The number of amides is 1. The fourth-order valence-electron chi connectivity index (χ4n) is 2.44. The Morgan fingerprint density at radius 1 is 1.11 bits per heavy atom. The molecule has 0 radical (unpaired) electrons. The van der Waals surface area contributed by atoms with Crippen molar-refractivity contribution in [3.8, 4) is 11.5 Å². The van der Waals surface area contributed by atoms with Crippen LogP contribution in [0, 0.1) is 0 Å². The molecule has 9 heteroatoms. The third-order valence-electron chi connectivity index (χ3n) is 4.05. The Morgan fingerprint density at radius 2 is 1.85 bits per heavy atom. The lowest BCUT2D eigenvalue weighted by molar-refractivity contribution is 0.102. The average molecular weight is 455 g/mol. The van der Waals surface area contributed by atoms with Crippen molar-refractivity contribution >= 4 is 37.5 Å².